The van der Waals surface area contributed by atoms with Crippen LogP contribution in [0.25, 0.3) is 0 Å². The van der Waals surface area contributed by atoms with Gasteiger partial charge in [-0.05, 0) is 29.8 Å². The number of hydrogen-bond donors (Lipinski definition) is 1. The Balaban J connectivity index is 1.89. The van der Waals surface area contributed by atoms with Crippen molar-refractivity contribution in [2.75, 3.05) is 26.8 Å². The van der Waals surface area contributed by atoms with Gasteiger partial charge in [0.1, 0.15) is 11.6 Å². The molecule has 0 amide bonds. The zero-order valence-corrected chi connectivity index (χ0v) is 13.8. The lowest BCUT2D eigenvalue weighted by atomic mass is 10.1. The standard InChI is InChI=1S/C18H20FNO2S/c1-21-15-4-2-3-5-17(15)23-18(16-12-20-10-11-22-16)13-6-8-14(19)9-7-13/h2-9,16,18,20H,10-12H2,1H3/t16?,18-/m1/s1. The SMILES string of the molecule is COc1ccccc1S[C@H](c1ccc(F)cc1)C1CNCCO1. The summed E-state index contributed by atoms with van der Waals surface area (Å²) in [7, 11) is 1.67. The molecular formula is C18H20FNO2S. The molecule has 3 nitrogen and oxygen atoms in total. The molecule has 0 radical (unpaired) electrons. The summed E-state index contributed by atoms with van der Waals surface area (Å²) in [5.74, 6) is 0.617. The fraction of sp³-hybridized carbons (Fsp3) is 0.333. The van der Waals surface area contributed by atoms with Gasteiger partial charge in [0.05, 0.1) is 30.0 Å². The number of para-hydroxylation sites is 1. The van der Waals surface area contributed by atoms with Gasteiger partial charge in [-0.25, -0.2) is 4.39 Å². The van der Waals surface area contributed by atoms with Crippen molar-refractivity contribution < 1.29 is 13.9 Å². The largest absolute Gasteiger partial charge is 0.496 e. The molecule has 122 valence electrons. The van der Waals surface area contributed by atoms with Crippen molar-refractivity contribution in [3.05, 3.63) is 59.9 Å². The van der Waals surface area contributed by atoms with Gasteiger partial charge in [0.15, 0.2) is 0 Å². The van der Waals surface area contributed by atoms with E-state index in [1.165, 1.54) is 12.1 Å². The third-order valence-corrected chi connectivity index (χ3v) is 5.24. The number of hydrogen-bond acceptors (Lipinski definition) is 4. The van der Waals surface area contributed by atoms with E-state index in [-0.39, 0.29) is 17.2 Å². The minimum Gasteiger partial charge on any atom is -0.496 e. The average molecular weight is 333 g/mol. The first-order valence-electron chi connectivity index (χ1n) is 7.65. The van der Waals surface area contributed by atoms with E-state index >= 15 is 0 Å². The fourth-order valence-corrected chi connectivity index (χ4v) is 3.96. The Bertz CT molecular complexity index is 629. The summed E-state index contributed by atoms with van der Waals surface area (Å²) in [6.07, 6.45) is 0.0316. The Labute approximate surface area is 140 Å². The lowest BCUT2D eigenvalue weighted by molar-refractivity contribution is 0.0273. The molecule has 2 atom stereocenters. The quantitative estimate of drug-likeness (QED) is 0.846. The van der Waals surface area contributed by atoms with E-state index in [0.29, 0.717) is 6.61 Å². The summed E-state index contributed by atoms with van der Waals surface area (Å²) in [4.78, 5) is 1.05. The Morgan fingerprint density at radius 3 is 2.70 bits per heavy atom. The van der Waals surface area contributed by atoms with Gasteiger partial charge < -0.3 is 14.8 Å². The van der Waals surface area contributed by atoms with Gasteiger partial charge in [-0.3, -0.25) is 0 Å². The van der Waals surface area contributed by atoms with Gasteiger partial charge in [-0.15, -0.1) is 11.8 Å². The number of nitrogens with one attached hydrogen (secondary N) is 1. The van der Waals surface area contributed by atoms with Crippen LogP contribution in [0.3, 0.4) is 0 Å². The minimum atomic E-state index is -0.225. The van der Waals surface area contributed by atoms with Crippen LogP contribution in [0, 0.1) is 5.82 Å². The fourth-order valence-electron chi connectivity index (χ4n) is 2.64. The first kappa shape index (κ1) is 16.3. The molecule has 2 aromatic rings. The molecule has 23 heavy (non-hydrogen) atoms. The van der Waals surface area contributed by atoms with Crippen LogP contribution in [-0.4, -0.2) is 32.9 Å². The molecule has 1 unspecified atom stereocenters. The van der Waals surface area contributed by atoms with Gasteiger partial charge in [0, 0.05) is 13.1 Å². The summed E-state index contributed by atoms with van der Waals surface area (Å²) in [6, 6.07) is 14.6. The van der Waals surface area contributed by atoms with E-state index in [2.05, 4.69) is 5.32 Å². The number of rotatable bonds is 5. The van der Waals surface area contributed by atoms with Crippen molar-refractivity contribution in [2.45, 2.75) is 16.2 Å². The number of thioether (sulfide) groups is 1. The summed E-state index contributed by atoms with van der Waals surface area (Å²) in [5.41, 5.74) is 1.05. The summed E-state index contributed by atoms with van der Waals surface area (Å²) < 4.78 is 24.7. The van der Waals surface area contributed by atoms with Crippen LogP contribution in [0.2, 0.25) is 0 Å². The van der Waals surface area contributed by atoms with Crippen LogP contribution in [0.5, 0.6) is 5.75 Å². The molecule has 0 bridgehead atoms. The first-order valence-corrected chi connectivity index (χ1v) is 8.53. The van der Waals surface area contributed by atoms with E-state index in [9.17, 15) is 4.39 Å². The highest BCUT2D eigenvalue weighted by atomic mass is 32.2. The molecule has 1 fully saturated rings. The highest BCUT2D eigenvalue weighted by Gasteiger charge is 2.28. The second kappa shape index (κ2) is 7.81. The van der Waals surface area contributed by atoms with Gasteiger partial charge in [0.25, 0.3) is 0 Å². The van der Waals surface area contributed by atoms with Crippen molar-refractivity contribution in [2.24, 2.45) is 0 Å². The van der Waals surface area contributed by atoms with Gasteiger partial charge >= 0.3 is 0 Å². The van der Waals surface area contributed by atoms with E-state index in [1.807, 2.05) is 36.4 Å². The monoisotopic (exact) mass is 333 g/mol. The predicted molar refractivity (Wildman–Crippen MR) is 90.6 cm³/mol. The number of morpholine rings is 1. The van der Waals surface area contributed by atoms with Crippen LogP contribution in [0.4, 0.5) is 4.39 Å². The van der Waals surface area contributed by atoms with Crippen molar-refractivity contribution in [1.29, 1.82) is 0 Å². The third-order valence-electron chi connectivity index (χ3n) is 3.82. The van der Waals surface area contributed by atoms with Crippen molar-refractivity contribution in [3.63, 3.8) is 0 Å². The highest BCUT2D eigenvalue weighted by Crippen LogP contribution is 2.42. The normalized spacial score (nSPS) is 19.3. The Kier molecular flexibility index (Phi) is 5.54. The molecule has 3 rings (SSSR count). The number of methoxy groups -OCH3 is 1. The van der Waals surface area contributed by atoms with E-state index in [4.69, 9.17) is 9.47 Å². The molecule has 2 aromatic carbocycles. The highest BCUT2D eigenvalue weighted by molar-refractivity contribution is 7.99. The van der Waals surface area contributed by atoms with E-state index in [1.54, 1.807) is 18.9 Å². The minimum absolute atomic E-state index is 0.0316. The number of halogens is 1. The molecule has 5 heteroatoms. The summed E-state index contributed by atoms with van der Waals surface area (Å²) in [6.45, 7) is 2.34. The molecule has 1 N–H and O–H groups in total. The van der Waals surface area contributed by atoms with Gasteiger partial charge in [0.2, 0.25) is 0 Å². The van der Waals surface area contributed by atoms with Crippen molar-refractivity contribution >= 4 is 11.8 Å². The molecule has 1 aliphatic heterocycles. The maximum absolute atomic E-state index is 13.3. The van der Waals surface area contributed by atoms with Crippen LogP contribution in [0.1, 0.15) is 10.8 Å². The number of ether oxygens (including phenoxy) is 2. The Hall–Kier alpha value is -1.56. The maximum atomic E-state index is 13.3. The van der Waals surface area contributed by atoms with E-state index in [0.717, 1.165) is 29.3 Å². The third kappa shape index (κ3) is 4.05. The maximum Gasteiger partial charge on any atom is 0.132 e. The zero-order valence-electron chi connectivity index (χ0n) is 13.0. The molecular weight excluding hydrogens is 313 g/mol. The first-order chi connectivity index (χ1) is 11.3. The van der Waals surface area contributed by atoms with E-state index < -0.39 is 0 Å². The van der Waals surface area contributed by atoms with Crippen LogP contribution in [-0.2, 0) is 4.74 Å². The molecule has 0 spiro atoms. The summed E-state index contributed by atoms with van der Waals surface area (Å²) in [5, 5.41) is 3.44. The lowest BCUT2D eigenvalue weighted by Gasteiger charge is -2.31. The second-order valence-electron chi connectivity index (χ2n) is 5.35. The second-order valence-corrected chi connectivity index (χ2v) is 6.54. The van der Waals surface area contributed by atoms with Crippen LogP contribution in [0.15, 0.2) is 53.4 Å². The molecule has 1 saturated heterocycles. The lowest BCUT2D eigenvalue weighted by Crippen LogP contribution is -2.41. The van der Waals surface area contributed by atoms with Gasteiger partial charge in [-0.1, -0.05) is 24.3 Å². The smallest absolute Gasteiger partial charge is 0.132 e. The van der Waals surface area contributed by atoms with Crippen LogP contribution < -0.4 is 10.1 Å². The topological polar surface area (TPSA) is 30.5 Å². The van der Waals surface area contributed by atoms with Crippen LogP contribution >= 0.6 is 11.8 Å². The molecule has 1 heterocycles. The number of benzene rings is 2. The Morgan fingerprint density at radius 1 is 1.22 bits per heavy atom. The van der Waals surface area contributed by atoms with Gasteiger partial charge in [-0.2, -0.15) is 0 Å². The predicted octanol–water partition coefficient (Wildman–Crippen LogP) is 3.66. The molecule has 1 aliphatic rings. The average Bonchev–Trinajstić information content (AvgIpc) is 2.61. The zero-order chi connectivity index (χ0) is 16.1. The molecule has 0 aliphatic carbocycles. The summed E-state index contributed by atoms with van der Waals surface area (Å²) >= 11 is 1.69. The molecule has 0 saturated carbocycles. The van der Waals surface area contributed by atoms with Crippen molar-refractivity contribution in [3.8, 4) is 5.75 Å². The van der Waals surface area contributed by atoms with Crippen molar-refractivity contribution in [1.82, 2.24) is 5.32 Å². The Morgan fingerprint density at radius 2 is 2.00 bits per heavy atom. The molecule has 0 aromatic heterocycles.